The van der Waals surface area contributed by atoms with E-state index in [1.54, 1.807) is 6.07 Å². The monoisotopic (exact) mass is 362 g/mol. The third-order valence-corrected chi connectivity index (χ3v) is 5.74. The first kappa shape index (κ1) is 15.8. The number of hydrogen-bond donors (Lipinski definition) is 0. The van der Waals surface area contributed by atoms with Gasteiger partial charge in [0.25, 0.3) is 0 Å². The molecule has 26 heavy (non-hydrogen) atoms. The van der Waals surface area contributed by atoms with E-state index in [0.717, 1.165) is 46.5 Å². The number of para-hydroxylation sites is 1. The van der Waals surface area contributed by atoms with Gasteiger partial charge < -0.3 is 4.90 Å². The minimum Gasteiger partial charge on any atom is -0.356 e. The molecule has 1 aliphatic carbocycles. The van der Waals surface area contributed by atoms with Gasteiger partial charge in [-0.1, -0.05) is 48.7 Å². The van der Waals surface area contributed by atoms with Crippen molar-refractivity contribution < 1.29 is 4.79 Å². The number of anilines is 1. The second kappa shape index (κ2) is 6.10. The first-order chi connectivity index (χ1) is 12.7. The number of hydrogen-bond acceptors (Lipinski definition) is 3. The summed E-state index contributed by atoms with van der Waals surface area (Å²) in [7, 11) is 0. The van der Waals surface area contributed by atoms with Gasteiger partial charge in [0.2, 0.25) is 0 Å². The molecule has 0 unspecified atom stereocenters. The molecule has 0 spiro atoms. The first-order valence-corrected chi connectivity index (χ1v) is 9.64. The molecule has 2 heterocycles. The van der Waals surface area contributed by atoms with E-state index in [0.29, 0.717) is 10.6 Å². The fourth-order valence-corrected chi connectivity index (χ4v) is 4.43. The van der Waals surface area contributed by atoms with Crippen LogP contribution in [0.3, 0.4) is 0 Å². The molecule has 130 valence electrons. The smallest absolute Gasteiger partial charge is 0.195 e. The maximum atomic E-state index is 13.3. The number of halogens is 1. The number of benzene rings is 2. The molecule has 4 heteroatoms. The molecule has 2 aromatic carbocycles. The Hall–Kier alpha value is -2.39. The van der Waals surface area contributed by atoms with Crippen LogP contribution in [0, 0.1) is 0 Å². The number of aromatic nitrogens is 1. The topological polar surface area (TPSA) is 33.2 Å². The van der Waals surface area contributed by atoms with Crippen LogP contribution in [0.15, 0.2) is 42.5 Å². The molecular weight excluding hydrogens is 344 g/mol. The van der Waals surface area contributed by atoms with Crippen LogP contribution in [0.2, 0.25) is 5.02 Å². The van der Waals surface area contributed by atoms with Gasteiger partial charge in [-0.15, -0.1) is 0 Å². The molecule has 0 atom stereocenters. The van der Waals surface area contributed by atoms with Crippen molar-refractivity contribution >= 4 is 34.1 Å². The highest BCUT2D eigenvalue weighted by atomic mass is 35.5. The van der Waals surface area contributed by atoms with Crippen LogP contribution in [0.25, 0.3) is 22.0 Å². The average Bonchev–Trinajstić information content (AvgIpc) is 2.83. The maximum absolute atomic E-state index is 13.3. The predicted molar refractivity (Wildman–Crippen MR) is 106 cm³/mol. The highest BCUT2D eigenvalue weighted by Crippen LogP contribution is 2.45. The number of carbonyl (C=O) groups is 1. The molecule has 3 nitrogen and oxygen atoms in total. The van der Waals surface area contributed by atoms with Gasteiger partial charge in [-0.3, -0.25) is 4.79 Å². The van der Waals surface area contributed by atoms with E-state index in [-0.39, 0.29) is 5.78 Å². The van der Waals surface area contributed by atoms with Crippen LogP contribution >= 0.6 is 11.6 Å². The summed E-state index contributed by atoms with van der Waals surface area (Å²) in [6.45, 7) is 1.99. The minimum atomic E-state index is 0.0622. The lowest BCUT2D eigenvalue weighted by Crippen LogP contribution is -2.25. The van der Waals surface area contributed by atoms with Crippen molar-refractivity contribution in [3.05, 3.63) is 58.6 Å². The lowest BCUT2D eigenvalue weighted by atomic mass is 10.0. The molecule has 5 rings (SSSR count). The van der Waals surface area contributed by atoms with E-state index in [1.807, 2.05) is 36.4 Å². The largest absolute Gasteiger partial charge is 0.356 e. The molecule has 2 aliphatic rings. The van der Waals surface area contributed by atoms with Crippen LogP contribution in [-0.4, -0.2) is 23.9 Å². The van der Waals surface area contributed by atoms with Gasteiger partial charge >= 0.3 is 0 Å². The Kier molecular flexibility index (Phi) is 3.71. The van der Waals surface area contributed by atoms with Crippen molar-refractivity contribution in [2.75, 3.05) is 18.0 Å². The van der Waals surface area contributed by atoms with Gasteiger partial charge in [0, 0.05) is 40.2 Å². The summed E-state index contributed by atoms with van der Waals surface area (Å²) in [4.78, 5) is 20.6. The number of pyridine rings is 1. The number of carbonyl (C=O) groups excluding carboxylic acids is 1. The van der Waals surface area contributed by atoms with Gasteiger partial charge in [0.15, 0.2) is 5.78 Å². The average molecular weight is 363 g/mol. The van der Waals surface area contributed by atoms with Crippen molar-refractivity contribution in [1.29, 1.82) is 0 Å². The van der Waals surface area contributed by atoms with Crippen molar-refractivity contribution in [1.82, 2.24) is 4.98 Å². The quantitative estimate of drug-likeness (QED) is 0.449. The van der Waals surface area contributed by atoms with Gasteiger partial charge in [-0.05, 0) is 36.6 Å². The molecule has 0 bridgehead atoms. The Balaban J connectivity index is 1.83. The molecule has 0 radical (unpaired) electrons. The van der Waals surface area contributed by atoms with Crippen molar-refractivity contribution in [3.63, 3.8) is 0 Å². The summed E-state index contributed by atoms with van der Waals surface area (Å²) in [6.07, 6.45) is 4.87. The lowest BCUT2D eigenvalue weighted by Gasteiger charge is -2.25. The van der Waals surface area contributed by atoms with E-state index < -0.39 is 0 Å². The molecular formula is C22H19ClN2O. The highest BCUT2D eigenvalue weighted by Gasteiger charge is 2.33. The van der Waals surface area contributed by atoms with Gasteiger partial charge in [-0.2, -0.15) is 0 Å². The number of ketones is 1. The summed E-state index contributed by atoms with van der Waals surface area (Å²) in [5.41, 5.74) is 4.32. The van der Waals surface area contributed by atoms with E-state index in [1.165, 1.54) is 25.7 Å². The molecule has 3 aromatic rings. The Bertz CT molecular complexity index is 1040. The summed E-state index contributed by atoms with van der Waals surface area (Å²) in [5, 5.41) is 1.52. The van der Waals surface area contributed by atoms with Gasteiger partial charge in [0.05, 0.1) is 5.52 Å². The minimum absolute atomic E-state index is 0.0622. The van der Waals surface area contributed by atoms with Crippen molar-refractivity contribution in [2.45, 2.75) is 25.7 Å². The zero-order valence-corrected chi connectivity index (χ0v) is 15.2. The van der Waals surface area contributed by atoms with E-state index in [9.17, 15) is 4.79 Å². The lowest BCUT2D eigenvalue weighted by molar-refractivity contribution is 0.104. The maximum Gasteiger partial charge on any atom is 0.195 e. The fraction of sp³-hybridized carbons (Fsp3) is 0.273. The molecule has 0 saturated carbocycles. The Morgan fingerprint density at radius 3 is 2.46 bits per heavy atom. The molecule has 1 saturated heterocycles. The summed E-state index contributed by atoms with van der Waals surface area (Å²) >= 11 is 6.18. The first-order valence-electron chi connectivity index (χ1n) is 9.26. The fourth-order valence-electron chi connectivity index (χ4n) is 4.26. The van der Waals surface area contributed by atoms with E-state index in [4.69, 9.17) is 16.6 Å². The summed E-state index contributed by atoms with van der Waals surface area (Å²) < 4.78 is 0. The van der Waals surface area contributed by atoms with Gasteiger partial charge in [0.1, 0.15) is 5.82 Å². The molecule has 1 aliphatic heterocycles. The van der Waals surface area contributed by atoms with Crippen LogP contribution in [0.5, 0.6) is 0 Å². The van der Waals surface area contributed by atoms with E-state index in [2.05, 4.69) is 4.90 Å². The Morgan fingerprint density at radius 1 is 0.885 bits per heavy atom. The highest BCUT2D eigenvalue weighted by molar-refractivity contribution is 6.33. The van der Waals surface area contributed by atoms with Crippen molar-refractivity contribution in [3.8, 4) is 11.1 Å². The third kappa shape index (κ3) is 2.34. The van der Waals surface area contributed by atoms with Crippen LogP contribution in [-0.2, 0) is 0 Å². The predicted octanol–water partition coefficient (Wildman–Crippen LogP) is 5.48. The molecule has 0 amide bonds. The van der Waals surface area contributed by atoms with E-state index >= 15 is 0 Å². The Labute approximate surface area is 157 Å². The molecule has 1 aromatic heterocycles. The molecule has 0 N–H and O–H groups in total. The third-order valence-electron chi connectivity index (χ3n) is 5.50. The SMILES string of the molecule is O=C1c2cc(Cl)ccc2-c2c(N3CCCCCC3)nc3ccccc3c21. The second-order valence-electron chi connectivity index (χ2n) is 7.12. The van der Waals surface area contributed by atoms with Crippen molar-refractivity contribution in [2.24, 2.45) is 0 Å². The van der Waals surface area contributed by atoms with Crippen LogP contribution < -0.4 is 4.90 Å². The zero-order chi connectivity index (χ0) is 17.7. The number of rotatable bonds is 1. The zero-order valence-electron chi connectivity index (χ0n) is 14.5. The molecule has 1 fully saturated rings. The standard InChI is InChI=1S/C22H19ClN2O/c23-14-9-10-15-17(13-14)21(26)19-16-7-3-4-8-18(16)24-22(20(15)19)25-11-5-1-2-6-12-25/h3-4,7-10,13H,1-2,5-6,11-12H2. The number of nitrogens with zero attached hydrogens (tertiary/aromatic N) is 2. The Morgan fingerprint density at radius 2 is 1.65 bits per heavy atom. The van der Waals surface area contributed by atoms with Gasteiger partial charge in [-0.25, -0.2) is 4.98 Å². The number of fused-ring (bicyclic) bond motifs is 5. The normalized spacial score (nSPS) is 16.5. The second-order valence-corrected chi connectivity index (χ2v) is 7.56. The van der Waals surface area contributed by atoms with Crippen LogP contribution in [0.4, 0.5) is 5.82 Å². The summed E-state index contributed by atoms with van der Waals surface area (Å²) in [6, 6.07) is 13.6. The van der Waals surface area contributed by atoms with Crippen LogP contribution in [0.1, 0.15) is 41.6 Å². The summed E-state index contributed by atoms with van der Waals surface area (Å²) in [5.74, 6) is 1.02.